The van der Waals surface area contributed by atoms with E-state index < -0.39 is 35.0 Å². The summed E-state index contributed by atoms with van der Waals surface area (Å²) < 4.78 is 4.83. The van der Waals surface area contributed by atoms with Crippen LogP contribution in [0.5, 0.6) is 0 Å². The quantitative estimate of drug-likeness (QED) is 0.143. The van der Waals surface area contributed by atoms with E-state index in [2.05, 4.69) is 9.68 Å². The molecule has 0 aliphatic rings. The Bertz CT molecular complexity index is 303. The summed E-state index contributed by atoms with van der Waals surface area (Å²) in [4.78, 5) is 20.1. The van der Waals surface area contributed by atoms with Gasteiger partial charge >= 0.3 is 5.97 Å². The van der Waals surface area contributed by atoms with Gasteiger partial charge in [0.15, 0.2) is 0 Å². The van der Waals surface area contributed by atoms with E-state index in [4.69, 9.17) is 36.4 Å². The molecule has 0 bridgehead atoms. The van der Waals surface area contributed by atoms with Gasteiger partial charge in [0.05, 0.1) is 23.5 Å². The number of aliphatic hydroxyl groups is 1. The number of rotatable bonds is 12. The SMILES string of the molecule is CC(O)C(N)C(=O)OCCCCC(CON(O)O)ON(O)O. The topological polar surface area (TPSA) is 178 Å². The molecular weight excluding hydrogens is 306 g/mol. The number of ether oxygens (including phenoxy) is 1. The fraction of sp³-hybridized carbons (Fsp3) is 0.900. The molecule has 12 heteroatoms. The van der Waals surface area contributed by atoms with Crippen molar-refractivity contribution >= 4 is 5.97 Å². The maximum absolute atomic E-state index is 11.3. The number of hydrogen-bond donors (Lipinski definition) is 6. The number of unbranched alkanes of at least 4 members (excludes halogenated alkanes) is 1. The summed E-state index contributed by atoms with van der Waals surface area (Å²) in [5, 5.41) is 41.9. The lowest BCUT2D eigenvalue weighted by Gasteiger charge is -2.19. The molecule has 0 radical (unpaired) electrons. The molecule has 7 N–H and O–H groups in total. The van der Waals surface area contributed by atoms with Gasteiger partial charge in [-0.3, -0.25) is 25.6 Å². The zero-order chi connectivity index (χ0) is 17.1. The van der Waals surface area contributed by atoms with Crippen LogP contribution >= 0.6 is 0 Å². The minimum Gasteiger partial charge on any atom is -0.464 e. The summed E-state index contributed by atoms with van der Waals surface area (Å²) in [6.07, 6.45) is -0.798. The van der Waals surface area contributed by atoms with E-state index in [0.29, 0.717) is 12.8 Å². The predicted molar refractivity (Wildman–Crippen MR) is 66.1 cm³/mol. The van der Waals surface area contributed by atoms with Gasteiger partial charge in [0, 0.05) is 0 Å². The van der Waals surface area contributed by atoms with E-state index in [1.165, 1.54) is 6.92 Å². The first-order chi connectivity index (χ1) is 10.2. The van der Waals surface area contributed by atoms with Crippen LogP contribution in [0.1, 0.15) is 26.2 Å². The van der Waals surface area contributed by atoms with Crippen LogP contribution in [-0.4, -0.2) is 74.1 Å². The maximum Gasteiger partial charge on any atom is 0.325 e. The molecule has 132 valence electrons. The lowest BCUT2D eigenvalue weighted by molar-refractivity contribution is -0.527. The zero-order valence-electron chi connectivity index (χ0n) is 12.1. The second kappa shape index (κ2) is 11.6. The summed E-state index contributed by atoms with van der Waals surface area (Å²) >= 11 is 0. The average Bonchev–Trinajstić information content (AvgIpc) is 2.42. The van der Waals surface area contributed by atoms with Gasteiger partial charge in [0.25, 0.3) is 0 Å². The second-order valence-corrected chi connectivity index (χ2v) is 4.46. The highest BCUT2D eigenvalue weighted by Crippen LogP contribution is 2.08. The van der Waals surface area contributed by atoms with Gasteiger partial charge < -0.3 is 15.6 Å². The summed E-state index contributed by atoms with van der Waals surface area (Å²) in [6.45, 7) is 1.06. The van der Waals surface area contributed by atoms with Crippen LogP contribution in [0, 0.1) is 0 Å². The number of hydrogen-bond acceptors (Lipinski definition) is 12. The molecule has 0 amide bonds. The molecule has 0 fully saturated rings. The van der Waals surface area contributed by atoms with Crippen LogP contribution in [0.2, 0.25) is 0 Å². The number of aliphatic hydroxyl groups excluding tert-OH is 1. The largest absolute Gasteiger partial charge is 0.464 e. The summed E-state index contributed by atoms with van der Waals surface area (Å²) in [6, 6.07) is -1.11. The zero-order valence-corrected chi connectivity index (χ0v) is 12.1. The fourth-order valence-electron chi connectivity index (χ4n) is 1.39. The van der Waals surface area contributed by atoms with Crippen LogP contribution in [0.4, 0.5) is 0 Å². The smallest absolute Gasteiger partial charge is 0.325 e. The lowest BCUT2D eigenvalue weighted by atomic mass is 10.1. The van der Waals surface area contributed by atoms with E-state index >= 15 is 0 Å². The van der Waals surface area contributed by atoms with Crippen LogP contribution < -0.4 is 5.73 Å². The highest BCUT2D eigenvalue weighted by atomic mass is 17.1. The van der Waals surface area contributed by atoms with E-state index in [1.807, 2.05) is 0 Å². The standard InChI is InChI=1S/C10H23N3O9/c1-7(14)9(11)10(15)20-5-3-2-4-8(22-13(18)19)6-21-12(16)17/h7-9,14,16-19H,2-6,11H2,1H3. The summed E-state index contributed by atoms with van der Waals surface area (Å²) in [5.41, 5.74) is 5.37. The monoisotopic (exact) mass is 329 g/mol. The molecule has 0 heterocycles. The Balaban J connectivity index is 3.90. The third kappa shape index (κ3) is 10.7. The molecule has 0 rings (SSSR count). The Morgan fingerprint density at radius 1 is 1.18 bits per heavy atom. The maximum atomic E-state index is 11.3. The number of esters is 1. The first kappa shape index (κ1) is 21.1. The summed E-state index contributed by atoms with van der Waals surface area (Å²) in [5.74, 6) is -0.723. The van der Waals surface area contributed by atoms with Crippen molar-refractivity contribution in [2.75, 3.05) is 13.2 Å². The van der Waals surface area contributed by atoms with E-state index in [1.54, 1.807) is 0 Å². The van der Waals surface area contributed by atoms with Gasteiger partial charge in [-0.1, -0.05) is 0 Å². The number of nitrogens with zero attached hydrogens (tertiary/aromatic N) is 2. The molecule has 3 unspecified atom stereocenters. The molecule has 0 aliphatic carbocycles. The minimum atomic E-state index is -1.11. The van der Waals surface area contributed by atoms with Gasteiger partial charge in [-0.15, -0.1) is 0 Å². The normalized spacial score (nSPS) is 15.9. The first-order valence-electron chi connectivity index (χ1n) is 6.49. The molecular formula is C10H23N3O9. The number of nitrogens with two attached hydrogens (primary N) is 1. The van der Waals surface area contributed by atoms with Gasteiger partial charge in [-0.05, 0) is 26.2 Å². The van der Waals surface area contributed by atoms with Crippen LogP contribution in [-0.2, 0) is 19.2 Å². The van der Waals surface area contributed by atoms with Gasteiger partial charge in [-0.25, -0.2) is 9.68 Å². The molecule has 3 atom stereocenters. The van der Waals surface area contributed by atoms with Crippen molar-refractivity contribution in [1.82, 2.24) is 10.8 Å². The van der Waals surface area contributed by atoms with E-state index in [-0.39, 0.29) is 19.6 Å². The van der Waals surface area contributed by atoms with Crippen LogP contribution in [0.25, 0.3) is 0 Å². The predicted octanol–water partition coefficient (Wildman–Crippen LogP) is -1.20. The van der Waals surface area contributed by atoms with Gasteiger partial charge in [0.1, 0.15) is 18.8 Å². The highest BCUT2D eigenvalue weighted by Gasteiger charge is 2.20. The van der Waals surface area contributed by atoms with Crippen molar-refractivity contribution < 1.29 is 45.1 Å². The molecule has 0 spiro atoms. The van der Waals surface area contributed by atoms with E-state index in [9.17, 15) is 4.79 Å². The molecule has 0 aromatic rings. The number of carbonyl (C=O) groups excluding carboxylic acids is 1. The molecule has 0 aromatic heterocycles. The Hall–Kier alpha value is -0.930. The van der Waals surface area contributed by atoms with Gasteiger partial charge in [-0.2, -0.15) is 0 Å². The third-order valence-electron chi connectivity index (χ3n) is 2.58. The van der Waals surface area contributed by atoms with Crippen molar-refractivity contribution in [2.45, 2.75) is 44.4 Å². The van der Waals surface area contributed by atoms with Crippen molar-refractivity contribution in [1.29, 1.82) is 0 Å². The Labute approximate surface area is 126 Å². The number of carbonyl (C=O) groups is 1. The Morgan fingerprint density at radius 2 is 1.82 bits per heavy atom. The van der Waals surface area contributed by atoms with Crippen molar-refractivity contribution in [3.8, 4) is 0 Å². The first-order valence-corrected chi connectivity index (χ1v) is 6.49. The van der Waals surface area contributed by atoms with Crippen LogP contribution in [0.3, 0.4) is 0 Å². The molecule has 0 saturated heterocycles. The third-order valence-corrected chi connectivity index (χ3v) is 2.58. The van der Waals surface area contributed by atoms with Crippen LogP contribution in [0.15, 0.2) is 0 Å². The van der Waals surface area contributed by atoms with Crippen molar-refractivity contribution in [3.63, 3.8) is 0 Å². The molecule has 0 aromatic carbocycles. The minimum absolute atomic E-state index is 0.0565. The lowest BCUT2D eigenvalue weighted by Crippen LogP contribution is -2.41. The highest BCUT2D eigenvalue weighted by molar-refractivity contribution is 5.76. The molecule has 22 heavy (non-hydrogen) atoms. The average molecular weight is 329 g/mol. The molecule has 12 nitrogen and oxygen atoms in total. The molecule has 0 aliphatic heterocycles. The van der Waals surface area contributed by atoms with Crippen molar-refractivity contribution in [2.24, 2.45) is 5.73 Å². The van der Waals surface area contributed by atoms with Crippen molar-refractivity contribution in [3.05, 3.63) is 0 Å². The molecule has 0 saturated carbocycles. The fourth-order valence-corrected chi connectivity index (χ4v) is 1.39. The van der Waals surface area contributed by atoms with E-state index in [0.717, 1.165) is 0 Å². The second-order valence-electron chi connectivity index (χ2n) is 4.46. The summed E-state index contributed by atoms with van der Waals surface area (Å²) in [7, 11) is 0. The van der Waals surface area contributed by atoms with Gasteiger partial charge in [0.2, 0.25) is 0 Å². The Kier molecular flexibility index (Phi) is 11.1. The Morgan fingerprint density at radius 3 is 2.32 bits per heavy atom.